The van der Waals surface area contributed by atoms with E-state index >= 15 is 0 Å². The molecule has 0 fully saturated rings. The number of hydrogen-bond donors (Lipinski definition) is 1. The Balaban J connectivity index is 2.04. The van der Waals surface area contributed by atoms with Gasteiger partial charge in [0.1, 0.15) is 0 Å². The van der Waals surface area contributed by atoms with Crippen LogP contribution in [-0.2, 0) is 16.4 Å². The van der Waals surface area contributed by atoms with Crippen molar-refractivity contribution in [3.63, 3.8) is 0 Å². The van der Waals surface area contributed by atoms with Crippen LogP contribution < -0.4 is 9.46 Å². The van der Waals surface area contributed by atoms with Gasteiger partial charge in [0.2, 0.25) is 10.0 Å². The molecule has 1 N–H and O–H groups in total. The van der Waals surface area contributed by atoms with Gasteiger partial charge in [-0.15, -0.1) is 0 Å². The minimum atomic E-state index is -3.70. The average molecular weight is 315 g/mol. The summed E-state index contributed by atoms with van der Waals surface area (Å²) in [6.45, 7) is 0.271. The van der Waals surface area contributed by atoms with Gasteiger partial charge in [0.15, 0.2) is 11.6 Å². The molecule has 2 aromatic rings. The van der Waals surface area contributed by atoms with Gasteiger partial charge in [-0.25, -0.2) is 17.5 Å². The zero-order valence-corrected chi connectivity index (χ0v) is 12.4. The van der Waals surface area contributed by atoms with Gasteiger partial charge in [0.25, 0.3) is 0 Å². The van der Waals surface area contributed by atoms with E-state index in [0.29, 0.717) is 6.42 Å². The highest BCUT2D eigenvalue weighted by Gasteiger charge is 2.16. The molecule has 20 heavy (non-hydrogen) atoms. The molecule has 1 aromatic heterocycles. The molecule has 0 aliphatic rings. The first-order valence-electron chi connectivity index (χ1n) is 5.87. The monoisotopic (exact) mass is 315 g/mol. The van der Waals surface area contributed by atoms with Gasteiger partial charge in [0, 0.05) is 6.54 Å². The topological polar surface area (TPSA) is 55.4 Å². The second-order valence-corrected chi connectivity index (χ2v) is 6.62. The molecule has 0 unspecified atom stereocenters. The van der Waals surface area contributed by atoms with Crippen LogP contribution in [0.4, 0.5) is 4.39 Å². The van der Waals surface area contributed by atoms with E-state index in [2.05, 4.69) is 4.72 Å². The number of nitrogens with one attached hydrogen (secondary N) is 1. The summed E-state index contributed by atoms with van der Waals surface area (Å²) in [7, 11) is -2.38. The Morgan fingerprint density at radius 1 is 1.35 bits per heavy atom. The van der Waals surface area contributed by atoms with E-state index in [0.717, 1.165) is 11.6 Å². The minimum absolute atomic E-state index is 0.0159. The predicted octanol–water partition coefficient (Wildman–Crippen LogP) is 2.42. The van der Waals surface area contributed by atoms with Crippen LogP contribution in [-0.4, -0.2) is 22.1 Å². The quantitative estimate of drug-likeness (QED) is 0.890. The lowest BCUT2D eigenvalue weighted by Crippen LogP contribution is -2.26. The average Bonchev–Trinajstić information content (AvgIpc) is 2.91. The SMILES string of the molecule is COc1ccc(S(=O)(=O)NCCc2ccsc2)cc1F. The van der Waals surface area contributed by atoms with Crippen LogP contribution in [0.2, 0.25) is 0 Å². The lowest BCUT2D eigenvalue weighted by molar-refractivity contribution is 0.385. The Morgan fingerprint density at radius 3 is 2.75 bits per heavy atom. The first-order valence-corrected chi connectivity index (χ1v) is 8.30. The van der Waals surface area contributed by atoms with E-state index in [4.69, 9.17) is 4.74 Å². The van der Waals surface area contributed by atoms with Gasteiger partial charge >= 0.3 is 0 Å². The van der Waals surface area contributed by atoms with E-state index < -0.39 is 15.8 Å². The molecule has 108 valence electrons. The van der Waals surface area contributed by atoms with E-state index in [9.17, 15) is 12.8 Å². The predicted molar refractivity (Wildman–Crippen MR) is 76.2 cm³/mol. The van der Waals surface area contributed by atoms with Crippen molar-refractivity contribution in [2.45, 2.75) is 11.3 Å². The fraction of sp³-hybridized carbons (Fsp3) is 0.231. The first kappa shape index (κ1) is 15.0. The van der Waals surface area contributed by atoms with Gasteiger partial charge in [-0.2, -0.15) is 11.3 Å². The van der Waals surface area contributed by atoms with Crippen LogP contribution in [0.25, 0.3) is 0 Å². The van der Waals surface area contributed by atoms with Crippen molar-refractivity contribution in [2.75, 3.05) is 13.7 Å². The van der Waals surface area contributed by atoms with Crippen LogP contribution in [0.3, 0.4) is 0 Å². The molecule has 0 saturated heterocycles. The summed E-state index contributed by atoms with van der Waals surface area (Å²) in [6, 6.07) is 5.50. The summed E-state index contributed by atoms with van der Waals surface area (Å²) in [6.07, 6.45) is 0.599. The number of hydrogen-bond acceptors (Lipinski definition) is 4. The van der Waals surface area contributed by atoms with Gasteiger partial charge in [-0.1, -0.05) is 0 Å². The van der Waals surface area contributed by atoms with Crippen LogP contribution >= 0.6 is 11.3 Å². The maximum atomic E-state index is 13.5. The maximum Gasteiger partial charge on any atom is 0.240 e. The Morgan fingerprint density at radius 2 is 2.15 bits per heavy atom. The Kier molecular flexibility index (Phi) is 4.74. The van der Waals surface area contributed by atoms with Crippen molar-refractivity contribution in [3.05, 3.63) is 46.4 Å². The van der Waals surface area contributed by atoms with Crippen LogP contribution in [0.5, 0.6) is 5.75 Å². The Hall–Kier alpha value is -1.44. The van der Waals surface area contributed by atoms with E-state index in [1.54, 1.807) is 11.3 Å². The van der Waals surface area contributed by atoms with E-state index in [1.807, 2.05) is 16.8 Å². The zero-order valence-electron chi connectivity index (χ0n) is 10.8. The molecule has 0 saturated carbocycles. The molecular weight excluding hydrogens is 301 g/mol. The summed E-state index contributed by atoms with van der Waals surface area (Å²) in [4.78, 5) is -0.110. The summed E-state index contributed by atoms with van der Waals surface area (Å²) in [5.74, 6) is -0.685. The summed E-state index contributed by atoms with van der Waals surface area (Å²) in [5, 5.41) is 3.89. The summed E-state index contributed by atoms with van der Waals surface area (Å²) < 4.78 is 44.7. The fourth-order valence-corrected chi connectivity index (χ4v) is 3.41. The largest absolute Gasteiger partial charge is 0.494 e. The van der Waals surface area contributed by atoms with Gasteiger partial charge in [0.05, 0.1) is 12.0 Å². The molecule has 0 bridgehead atoms. The molecule has 7 heteroatoms. The standard InChI is InChI=1S/C13H14FNO3S2/c1-18-13-3-2-11(8-12(13)14)20(16,17)15-6-4-10-5-7-19-9-10/h2-3,5,7-9,15H,4,6H2,1H3. The molecule has 0 amide bonds. The van der Waals surface area contributed by atoms with Crippen molar-refractivity contribution >= 4 is 21.4 Å². The third kappa shape index (κ3) is 3.56. The lowest BCUT2D eigenvalue weighted by Gasteiger charge is -2.08. The molecule has 4 nitrogen and oxygen atoms in total. The highest BCUT2D eigenvalue weighted by Crippen LogP contribution is 2.20. The number of benzene rings is 1. The lowest BCUT2D eigenvalue weighted by atomic mass is 10.2. The van der Waals surface area contributed by atoms with Crippen molar-refractivity contribution in [1.29, 1.82) is 0 Å². The van der Waals surface area contributed by atoms with Crippen LogP contribution in [0.15, 0.2) is 39.9 Å². The molecule has 0 atom stereocenters. The first-order chi connectivity index (χ1) is 9.53. The molecule has 0 radical (unpaired) electrons. The molecule has 1 aromatic carbocycles. The summed E-state index contributed by atoms with van der Waals surface area (Å²) >= 11 is 1.56. The number of thiophene rings is 1. The van der Waals surface area contributed by atoms with Crippen molar-refractivity contribution in [3.8, 4) is 5.75 Å². The number of ether oxygens (including phenoxy) is 1. The van der Waals surface area contributed by atoms with Gasteiger partial charge < -0.3 is 4.74 Å². The van der Waals surface area contributed by atoms with Crippen molar-refractivity contribution < 1.29 is 17.5 Å². The molecule has 0 aliphatic heterocycles. The Bertz CT molecular complexity index is 669. The molecule has 1 heterocycles. The molecular formula is C13H14FNO3S2. The number of sulfonamides is 1. The highest BCUT2D eigenvalue weighted by atomic mass is 32.2. The van der Waals surface area contributed by atoms with Gasteiger partial charge in [-0.05, 0) is 47.0 Å². The smallest absolute Gasteiger partial charge is 0.240 e. The minimum Gasteiger partial charge on any atom is -0.494 e. The number of methoxy groups -OCH3 is 1. The van der Waals surface area contributed by atoms with Crippen LogP contribution in [0, 0.1) is 5.82 Å². The highest BCUT2D eigenvalue weighted by molar-refractivity contribution is 7.89. The third-order valence-electron chi connectivity index (χ3n) is 2.72. The molecule has 2 rings (SSSR count). The fourth-order valence-electron chi connectivity index (χ4n) is 1.66. The molecule has 0 aliphatic carbocycles. The Labute approximate surface area is 121 Å². The summed E-state index contributed by atoms with van der Waals surface area (Å²) in [5.41, 5.74) is 1.07. The normalized spacial score (nSPS) is 11.5. The third-order valence-corrected chi connectivity index (χ3v) is 4.91. The second kappa shape index (κ2) is 6.34. The second-order valence-electron chi connectivity index (χ2n) is 4.08. The zero-order chi connectivity index (χ0) is 14.6. The number of halogens is 1. The maximum absolute atomic E-state index is 13.5. The molecule has 0 spiro atoms. The van der Waals surface area contributed by atoms with Crippen LogP contribution in [0.1, 0.15) is 5.56 Å². The van der Waals surface area contributed by atoms with E-state index in [1.165, 1.54) is 19.2 Å². The number of rotatable bonds is 6. The van der Waals surface area contributed by atoms with Crippen molar-refractivity contribution in [2.24, 2.45) is 0 Å². The van der Waals surface area contributed by atoms with E-state index in [-0.39, 0.29) is 17.2 Å². The van der Waals surface area contributed by atoms with Crippen molar-refractivity contribution in [1.82, 2.24) is 4.72 Å². The van der Waals surface area contributed by atoms with Gasteiger partial charge in [-0.3, -0.25) is 0 Å².